The van der Waals surface area contributed by atoms with E-state index in [2.05, 4.69) is 26.9 Å². The van der Waals surface area contributed by atoms with Gasteiger partial charge >= 0.3 is 0 Å². The summed E-state index contributed by atoms with van der Waals surface area (Å²) in [6.45, 7) is 11.7. The van der Waals surface area contributed by atoms with Gasteiger partial charge in [-0.15, -0.1) is 0 Å². The Kier molecular flexibility index (Phi) is 5.94. The summed E-state index contributed by atoms with van der Waals surface area (Å²) < 4.78 is 0. The molecule has 1 amide bonds. The maximum Gasteiger partial charge on any atom is 0.217 e. The first-order chi connectivity index (χ1) is 11.7. The zero-order chi connectivity index (χ0) is 16.9. The van der Waals surface area contributed by atoms with Gasteiger partial charge in [0.1, 0.15) is 0 Å². The largest absolute Gasteiger partial charge is 0.370 e. The minimum Gasteiger partial charge on any atom is -0.370 e. The highest BCUT2D eigenvalue weighted by atomic mass is 16.1. The highest BCUT2D eigenvalue weighted by Gasteiger charge is 2.32. The van der Waals surface area contributed by atoms with Crippen molar-refractivity contribution in [3.8, 4) is 0 Å². The Morgan fingerprint density at radius 3 is 2.62 bits per heavy atom. The molecule has 4 saturated heterocycles. The topological polar surface area (TPSA) is 77.2 Å². The number of aliphatic imine (C=N–C) groups is 1. The second-order valence-electron chi connectivity index (χ2n) is 7.31. The van der Waals surface area contributed by atoms with Gasteiger partial charge in [-0.3, -0.25) is 19.6 Å². The van der Waals surface area contributed by atoms with Crippen LogP contribution in [0.4, 0.5) is 0 Å². The number of nitrogens with zero attached hydrogens (tertiary/aromatic N) is 4. The smallest absolute Gasteiger partial charge is 0.217 e. The van der Waals surface area contributed by atoms with Crippen molar-refractivity contribution in [1.82, 2.24) is 20.0 Å². The molecule has 4 aliphatic heterocycles. The number of amides is 1. The van der Waals surface area contributed by atoms with Crippen molar-refractivity contribution >= 4 is 11.9 Å². The van der Waals surface area contributed by atoms with Crippen molar-refractivity contribution in [2.75, 3.05) is 58.9 Å². The summed E-state index contributed by atoms with van der Waals surface area (Å²) in [5.41, 5.74) is 5.38. The molecule has 0 spiro atoms. The predicted molar refractivity (Wildman–Crippen MR) is 95.9 cm³/mol. The molecule has 0 aliphatic carbocycles. The number of fused-ring (bicyclic) bond motifs is 3. The Hall–Kier alpha value is -1.34. The lowest BCUT2D eigenvalue weighted by Gasteiger charge is -2.47. The molecule has 0 aromatic heterocycles. The second kappa shape index (κ2) is 8.16. The van der Waals surface area contributed by atoms with E-state index < -0.39 is 0 Å². The number of rotatable bonds is 5. The molecular formula is C17H32N6O. The standard InChI is InChI=1S/C17H32N6O/c1-2-19-17(23-5-3-4-14(12-23)10-16(18)24)20-11-15-13-21-6-8-22(15)9-7-21/h14-15H,2-13H2,1H3,(H2,18,24)(H,19,20). The minimum atomic E-state index is -0.191. The minimum absolute atomic E-state index is 0.191. The number of carbonyl (C=O) groups excluding carboxylic acids is 1. The molecule has 2 unspecified atom stereocenters. The second-order valence-corrected chi connectivity index (χ2v) is 7.31. The van der Waals surface area contributed by atoms with Gasteiger partial charge in [-0.25, -0.2) is 0 Å². The SMILES string of the molecule is CCNC(=NCC1CN2CCN1CC2)N1CCCC(CC(N)=O)C1. The van der Waals surface area contributed by atoms with E-state index in [1.165, 1.54) is 26.2 Å². The van der Waals surface area contributed by atoms with Gasteiger partial charge in [0.15, 0.2) is 5.96 Å². The van der Waals surface area contributed by atoms with Crippen LogP contribution < -0.4 is 11.1 Å². The number of hydrogen-bond donors (Lipinski definition) is 2. The molecule has 0 aromatic rings. The number of piperazine rings is 3. The van der Waals surface area contributed by atoms with E-state index in [4.69, 9.17) is 10.7 Å². The first-order valence-corrected chi connectivity index (χ1v) is 9.43. The van der Waals surface area contributed by atoms with E-state index in [-0.39, 0.29) is 5.91 Å². The van der Waals surface area contributed by atoms with Crippen molar-refractivity contribution in [3.63, 3.8) is 0 Å². The molecule has 7 nitrogen and oxygen atoms in total. The van der Waals surface area contributed by atoms with Crippen molar-refractivity contribution in [2.45, 2.75) is 32.2 Å². The van der Waals surface area contributed by atoms with Gasteiger partial charge < -0.3 is 16.0 Å². The van der Waals surface area contributed by atoms with E-state index >= 15 is 0 Å². The molecule has 2 bridgehead atoms. The van der Waals surface area contributed by atoms with Crippen molar-refractivity contribution in [2.24, 2.45) is 16.6 Å². The average Bonchev–Trinajstić information content (AvgIpc) is 2.59. The number of likely N-dealkylation sites (tertiary alicyclic amines) is 1. The predicted octanol–water partition coefficient (Wildman–Crippen LogP) is -0.461. The van der Waals surface area contributed by atoms with Crippen LogP contribution in [0.5, 0.6) is 0 Å². The fourth-order valence-corrected chi connectivity index (χ4v) is 4.22. The number of nitrogens with one attached hydrogen (secondary N) is 1. The van der Waals surface area contributed by atoms with Gasteiger partial charge in [0.05, 0.1) is 6.54 Å². The van der Waals surface area contributed by atoms with Gasteiger partial charge in [0, 0.05) is 64.8 Å². The number of primary amides is 1. The fourth-order valence-electron chi connectivity index (χ4n) is 4.22. The Morgan fingerprint density at radius 1 is 1.21 bits per heavy atom. The summed E-state index contributed by atoms with van der Waals surface area (Å²) in [5, 5.41) is 3.44. The molecular weight excluding hydrogens is 304 g/mol. The van der Waals surface area contributed by atoms with Crippen LogP contribution in [-0.2, 0) is 4.79 Å². The number of carbonyl (C=O) groups is 1. The lowest BCUT2D eigenvalue weighted by molar-refractivity contribution is -0.119. The van der Waals surface area contributed by atoms with E-state index in [0.29, 0.717) is 18.4 Å². The first kappa shape index (κ1) is 17.5. The molecule has 0 aromatic carbocycles. The van der Waals surface area contributed by atoms with E-state index in [9.17, 15) is 4.79 Å². The van der Waals surface area contributed by atoms with Crippen LogP contribution in [0.2, 0.25) is 0 Å². The van der Waals surface area contributed by atoms with Crippen molar-refractivity contribution in [3.05, 3.63) is 0 Å². The Bertz CT molecular complexity index is 460. The summed E-state index contributed by atoms with van der Waals surface area (Å²) in [6.07, 6.45) is 2.68. The average molecular weight is 336 g/mol. The quantitative estimate of drug-likeness (QED) is 0.525. The molecule has 7 heteroatoms. The Morgan fingerprint density at radius 2 is 2.00 bits per heavy atom. The van der Waals surface area contributed by atoms with Gasteiger partial charge in [0.2, 0.25) is 5.91 Å². The lowest BCUT2D eigenvalue weighted by atomic mass is 9.95. The highest BCUT2D eigenvalue weighted by molar-refractivity contribution is 5.80. The van der Waals surface area contributed by atoms with Crippen LogP contribution >= 0.6 is 0 Å². The Labute approximate surface area is 145 Å². The molecule has 24 heavy (non-hydrogen) atoms. The zero-order valence-electron chi connectivity index (χ0n) is 14.9. The zero-order valence-corrected chi connectivity index (χ0v) is 14.9. The molecule has 2 atom stereocenters. The maximum absolute atomic E-state index is 11.2. The van der Waals surface area contributed by atoms with Crippen molar-refractivity contribution in [1.29, 1.82) is 0 Å². The van der Waals surface area contributed by atoms with E-state index in [1.807, 2.05) is 0 Å². The summed E-state index contributed by atoms with van der Waals surface area (Å²) >= 11 is 0. The van der Waals surface area contributed by atoms with E-state index in [0.717, 1.165) is 51.5 Å². The van der Waals surface area contributed by atoms with Gasteiger partial charge in [-0.05, 0) is 25.7 Å². The fraction of sp³-hybridized carbons (Fsp3) is 0.882. The molecule has 4 fully saturated rings. The summed E-state index contributed by atoms with van der Waals surface area (Å²) in [7, 11) is 0. The van der Waals surface area contributed by atoms with Crippen LogP contribution in [0, 0.1) is 5.92 Å². The molecule has 0 radical (unpaired) electrons. The number of guanidine groups is 1. The monoisotopic (exact) mass is 336 g/mol. The molecule has 4 rings (SSSR count). The van der Waals surface area contributed by atoms with E-state index in [1.54, 1.807) is 0 Å². The van der Waals surface area contributed by atoms with Crippen LogP contribution in [0.3, 0.4) is 0 Å². The summed E-state index contributed by atoms with van der Waals surface area (Å²) in [4.78, 5) is 23.6. The first-order valence-electron chi connectivity index (χ1n) is 9.43. The Balaban J connectivity index is 1.59. The third-order valence-corrected chi connectivity index (χ3v) is 5.49. The van der Waals surface area contributed by atoms with Gasteiger partial charge in [-0.1, -0.05) is 0 Å². The summed E-state index contributed by atoms with van der Waals surface area (Å²) in [5.74, 6) is 1.17. The number of piperidine rings is 1. The van der Waals surface area contributed by atoms with Crippen LogP contribution in [0.1, 0.15) is 26.2 Å². The van der Waals surface area contributed by atoms with Crippen LogP contribution in [0.25, 0.3) is 0 Å². The van der Waals surface area contributed by atoms with Gasteiger partial charge in [0.25, 0.3) is 0 Å². The summed E-state index contributed by atoms with van der Waals surface area (Å²) in [6, 6.07) is 0.548. The lowest BCUT2D eigenvalue weighted by Crippen LogP contribution is -2.62. The number of hydrogen-bond acceptors (Lipinski definition) is 4. The van der Waals surface area contributed by atoms with Gasteiger partial charge in [-0.2, -0.15) is 0 Å². The maximum atomic E-state index is 11.2. The third-order valence-electron chi connectivity index (χ3n) is 5.49. The van der Waals surface area contributed by atoms with Crippen molar-refractivity contribution < 1.29 is 4.79 Å². The third kappa shape index (κ3) is 4.39. The van der Waals surface area contributed by atoms with Crippen LogP contribution in [0.15, 0.2) is 4.99 Å². The molecule has 3 N–H and O–H groups in total. The molecule has 0 saturated carbocycles. The number of nitrogens with two attached hydrogens (primary N) is 1. The molecule has 136 valence electrons. The van der Waals surface area contributed by atoms with Crippen LogP contribution in [-0.4, -0.2) is 91.5 Å². The highest BCUT2D eigenvalue weighted by Crippen LogP contribution is 2.20. The normalized spacial score (nSPS) is 33.5. The molecule has 4 aliphatic rings. The molecule has 4 heterocycles.